The van der Waals surface area contributed by atoms with E-state index in [1.807, 2.05) is 18.8 Å². The van der Waals surface area contributed by atoms with Gasteiger partial charge in [-0.05, 0) is 19.5 Å². The van der Waals surface area contributed by atoms with Crippen molar-refractivity contribution in [1.29, 1.82) is 0 Å². The first-order valence-corrected chi connectivity index (χ1v) is 7.96. The van der Waals surface area contributed by atoms with Crippen molar-refractivity contribution < 1.29 is 4.79 Å². The Labute approximate surface area is 119 Å². The highest BCUT2D eigenvalue weighted by Crippen LogP contribution is 2.30. The van der Waals surface area contributed by atoms with Crippen molar-refractivity contribution in [1.82, 2.24) is 10.2 Å². The fourth-order valence-electron chi connectivity index (χ4n) is 2.34. The van der Waals surface area contributed by atoms with Crippen molar-refractivity contribution in [3.8, 4) is 0 Å². The third kappa shape index (κ3) is 3.74. The number of amides is 1. The fourth-order valence-corrected chi connectivity index (χ4v) is 3.43. The number of thioether (sulfide) groups is 1. The van der Waals surface area contributed by atoms with Gasteiger partial charge in [-0.1, -0.05) is 29.8 Å². The standard InChI is InChI=1S/C15H22N2OS/c1-12-3-5-13(6-4-12)14-11-19-10-9-17(14)15(18)7-8-16-2/h3-6,14,16H,7-11H2,1-2H3. The van der Waals surface area contributed by atoms with Gasteiger partial charge >= 0.3 is 0 Å². The molecule has 1 aromatic rings. The number of nitrogens with one attached hydrogen (secondary N) is 1. The summed E-state index contributed by atoms with van der Waals surface area (Å²) in [5.41, 5.74) is 2.52. The molecule has 2 rings (SSSR count). The molecule has 0 radical (unpaired) electrons. The topological polar surface area (TPSA) is 32.3 Å². The van der Waals surface area contributed by atoms with Crippen molar-refractivity contribution in [3.63, 3.8) is 0 Å². The van der Waals surface area contributed by atoms with E-state index in [9.17, 15) is 4.79 Å². The molecule has 0 saturated carbocycles. The van der Waals surface area contributed by atoms with E-state index in [4.69, 9.17) is 0 Å². The van der Waals surface area contributed by atoms with E-state index < -0.39 is 0 Å². The minimum Gasteiger partial charge on any atom is -0.334 e. The van der Waals surface area contributed by atoms with Crippen molar-refractivity contribution in [2.75, 3.05) is 31.6 Å². The molecule has 1 N–H and O–H groups in total. The highest BCUT2D eigenvalue weighted by atomic mass is 32.2. The first-order chi connectivity index (χ1) is 9.22. The van der Waals surface area contributed by atoms with Gasteiger partial charge in [-0.2, -0.15) is 11.8 Å². The molecule has 1 saturated heterocycles. The second-order valence-electron chi connectivity index (χ2n) is 4.94. The Kier molecular flexibility index (Phi) is 5.28. The van der Waals surface area contributed by atoms with Crippen molar-refractivity contribution in [2.24, 2.45) is 0 Å². The first kappa shape index (κ1) is 14.4. The molecule has 3 nitrogen and oxygen atoms in total. The minimum absolute atomic E-state index is 0.240. The largest absolute Gasteiger partial charge is 0.334 e. The van der Waals surface area contributed by atoms with Gasteiger partial charge in [0.15, 0.2) is 0 Å². The second kappa shape index (κ2) is 6.96. The second-order valence-corrected chi connectivity index (χ2v) is 6.09. The Hall–Kier alpha value is -1.00. The monoisotopic (exact) mass is 278 g/mol. The lowest BCUT2D eigenvalue weighted by Gasteiger charge is -2.36. The van der Waals surface area contributed by atoms with Gasteiger partial charge in [-0.25, -0.2) is 0 Å². The van der Waals surface area contributed by atoms with Gasteiger partial charge in [0.2, 0.25) is 5.91 Å². The molecule has 1 amide bonds. The van der Waals surface area contributed by atoms with Crippen LogP contribution in [0.5, 0.6) is 0 Å². The van der Waals surface area contributed by atoms with Crippen LogP contribution in [0.1, 0.15) is 23.6 Å². The van der Waals surface area contributed by atoms with E-state index in [0.29, 0.717) is 6.42 Å². The molecule has 1 atom stereocenters. The summed E-state index contributed by atoms with van der Waals surface area (Å²) in [6, 6.07) is 8.81. The van der Waals surface area contributed by atoms with Crippen molar-refractivity contribution >= 4 is 17.7 Å². The minimum atomic E-state index is 0.240. The van der Waals surface area contributed by atoms with Gasteiger partial charge in [0.05, 0.1) is 6.04 Å². The molecule has 0 bridgehead atoms. The zero-order valence-corrected chi connectivity index (χ0v) is 12.5. The van der Waals surface area contributed by atoms with Gasteiger partial charge in [-0.15, -0.1) is 0 Å². The highest BCUT2D eigenvalue weighted by Gasteiger charge is 2.27. The third-order valence-electron chi connectivity index (χ3n) is 3.50. The van der Waals surface area contributed by atoms with Crippen LogP contribution in [0.3, 0.4) is 0 Å². The number of aryl methyl sites for hydroxylation is 1. The van der Waals surface area contributed by atoms with Crippen molar-refractivity contribution in [3.05, 3.63) is 35.4 Å². The Bertz CT molecular complexity index is 419. The maximum absolute atomic E-state index is 12.3. The summed E-state index contributed by atoms with van der Waals surface area (Å²) in [7, 11) is 1.89. The van der Waals surface area contributed by atoms with Gasteiger partial charge in [-0.3, -0.25) is 4.79 Å². The normalized spacial score (nSPS) is 19.5. The van der Waals surface area contributed by atoms with Gasteiger partial charge in [0, 0.05) is 31.0 Å². The van der Waals surface area contributed by atoms with E-state index in [1.165, 1.54) is 11.1 Å². The lowest BCUT2D eigenvalue weighted by molar-refractivity contribution is -0.133. The van der Waals surface area contributed by atoms with Crippen LogP contribution in [-0.4, -0.2) is 42.4 Å². The SMILES string of the molecule is CNCCC(=O)N1CCSCC1c1ccc(C)cc1. The van der Waals surface area contributed by atoms with E-state index >= 15 is 0 Å². The quantitative estimate of drug-likeness (QED) is 0.916. The smallest absolute Gasteiger partial charge is 0.224 e. The molecule has 4 heteroatoms. The van der Waals surface area contributed by atoms with Crippen LogP contribution < -0.4 is 5.32 Å². The van der Waals surface area contributed by atoms with Crippen LogP contribution in [0.25, 0.3) is 0 Å². The first-order valence-electron chi connectivity index (χ1n) is 6.80. The Morgan fingerprint density at radius 1 is 1.42 bits per heavy atom. The molecule has 1 aliphatic heterocycles. The molecule has 0 aliphatic carbocycles. The summed E-state index contributed by atoms with van der Waals surface area (Å²) in [5.74, 6) is 2.32. The van der Waals surface area contributed by atoms with Gasteiger partial charge in [0.1, 0.15) is 0 Å². The lowest BCUT2D eigenvalue weighted by Crippen LogP contribution is -2.41. The van der Waals surface area contributed by atoms with Crippen LogP contribution in [0.4, 0.5) is 0 Å². The highest BCUT2D eigenvalue weighted by molar-refractivity contribution is 7.99. The van der Waals surface area contributed by atoms with E-state index in [-0.39, 0.29) is 11.9 Å². The fraction of sp³-hybridized carbons (Fsp3) is 0.533. The number of benzene rings is 1. The summed E-state index contributed by atoms with van der Waals surface area (Å²) >= 11 is 1.94. The number of hydrogen-bond donors (Lipinski definition) is 1. The lowest BCUT2D eigenvalue weighted by atomic mass is 10.0. The summed E-state index contributed by atoms with van der Waals surface area (Å²) in [5, 5.41) is 3.05. The predicted molar refractivity (Wildman–Crippen MR) is 81.5 cm³/mol. The number of rotatable bonds is 4. The van der Waals surface area contributed by atoms with E-state index in [2.05, 4.69) is 41.4 Å². The molecule has 1 aromatic carbocycles. The maximum atomic E-state index is 12.3. The summed E-state index contributed by atoms with van der Waals surface area (Å²) < 4.78 is 0. The summed E-state index contributed by atoms with van der Waals surface area (Å²) in [6.45, 7) is 3.71. The Morgan fingerprint density at radius 2 is 2.16 bits per heavy atom. The summed E-state index contributed by atoms with van der Waals surface area (Å²) in [4.78, 5) is 14.3. The molecule has 19 heavy (non-hydrogen) atoms. The van der Waals surface area contributed by atoms with E-state index in [1.54, 1.807) is 0 Å². The predicted octanol–water partition coefficient (Wildman–Crippen LogP) is 2.22. The molecular formula is C15H22N2OS. The molecule has 1 heterocycles. The average molecular weight is 278 g/mol. The number of nitrogens with zero attached hydrogens (tertiary/aromatic N) is 1. The van der Waals surface area contributed by atoms with Gasteiger partial charge < -0.3 is 10.2 Å². The number of carbonyl (C=O) groups excluding carboxylic acids is 1. The molecule has 104 valence electrons. The molecule has 1 unspecified atom stereocenters. The zero-order chi connectivity index (χ0) is 13.7. The van der Waals surface area contributed by atoms with Crippen LogP contribution in [0, 0.1) is 6.92 Å². The zero-order valence-electron chi connectivity index (χ0n) is 11.7. The molecule has 1 aliphatic rings. The number of carbonyl (C=O) groups is 1. The average Bonchev–Trinajstić information content (AvgIpc) is 2.45. The van der Waals surface area contributed by atoms with Crippen LogP contribution in [0.2, 0.25) is 0 Å². The van der Waals surface area contributed by atoms with E-state index in [0.717, 1.165) is 24.6 Å². The molecular weight excluding hydrogens is 256 g/mol. The number of hydrogen-bond acceptors (Lipinski definition) is 3. The molecule has 1 fully saturated rings. The molecule has 0 aromatic heterocycles. The maximum Gasteiger partial charge on any atom is 0.224 e. The van der Waals surface area contributed by atoms with Crippen molar-refractivity contribution in [2.45, 2.75) is 19.4 Å². The van der Waals surface area contributed by atoms with Crippen LogP contribution in [-0.2, 0) is 4.79 Å². The summed E-state index contributed by atoms with van der Waals surface area (Å²) in [6.07, 6.45) is 0.587. The molecule has 0 spiro atoms. The third-order valence-corrected chi connectivity index (χ3v) is 4.52. The Morgan fingerprint density at radius 3 is 2.84 bits per heavy atom. The van der Waals surface area contributed by atoms with Crippen LogP contribution >= 0.6 is 11.8 Å². The van der Waals surface area contributed by atoms with Gasteiger partial charge in [0.25, 0.3) is 0 Å². The Balaban J connectivity index is 2.11. The van der Waals surface area contributed by atoms with Crippen LogP contribution in [0.15, 0.2) is 24.3 Å².